The van der Waals surface area contributed by atoms with E-state index in [2.05, 4.69) is 6.58 Å². The molecule has 5 nitrogen and oxygen atoms in total. The molecule has 2 aliphatic rings. The van der Waals surface area contributed by atoms with Crippen molar-refractivity contribution in [3.8, 4) is 5.75 Å². The number of carbonyl (C=O) groups is 2. The number of hydrogen-bond donors (Lipinski definition) is 0. The molecule has 1 aromatic rings. The van der Waals surface area contributed by atoms with Crippen LogP contribution < -0.4 is 4.74 Å². The Morgan fingerprint density at radius 3 is 2.50 bits per heavy atom. The first-order valence-electron chi connectivity index (χ1n) is 6.86. The lowest BCUT2D eigenvalue weighted by molar-refractivity contribution is 0.0388. The van der Waals surface area contributed by atoms with Crippen molar-refractivity contribution in [3.05, 3.63) is 52.8 Å². The van der Waals surface area contributed by atoms with Gasteiger partial charge in [-0.1, -0.05) is 6.58 Å². The quantitative estimate of drug-likeness (QED) is 0.802. The van der Waals surface area contributed by atoms with Crippen LogP contribution in [0, 0.1) is 0 Å². The van der Waals surface area contributed by atoms with Crippen LogP contribution in [0.4, 0.5) is 0 Å². The molecule has 22 heavy (non-hydrogen) atoms. The Morgan fingerprint density at radius 1 is 1.18 bits per heavy atom. The summed E-state index contributed by atoms with van der Waals surface area (Å²) < 4.78 is 16.2. The predicted octanol–water partition coefficient (Wildman–Crippen LogP) is 2.32. The molecule has 0 N–H and O–H groups in total. The van der Waals surface area contributed by atoms with Crippen molar-refractivity contribution in [2.45, 2.75) is 19.1 Å². The first kappa shape index (κ1) is 14.5. The van der Waals surface area contributed by atoms with Gasteiger partial charge >= 0.3 is 0 Å². The Morgan fingerprint density at radius 2 is 1.91 bits per heavy atom. The van der Waals surface area contributed by atoms with Gasteiger partial charge in [-0.05, 0) is 30.7 Å². The number of carbonyl (C=O) groups excluding carboxylic acids is 2. The van der Waals surface area contributed by atoms with Gasteiger partial charge in [0.15, 0.2) is 11.5 Å². The van der Waals surface area contributed by atoms with Crippen molar-refractivity contribution < 1.29 is 23.8 Å². The molecule has 0 radical (unpaired) electrons. The lowest BCUT2D eigenvalue weighted by Crippen LogP contribution is -2.30. The SMILES string of the molecule is C=C(C)[C@H]1OC2=C(C(=O)c3cc(OC)ccc3C2=O)[C@H]1OC. The summed E-state index contributed by atoms with van der Waals surface area (Å²) in [6, 6.07) is 4.80. The van der Waals surface area contributed by atoms with Gasteiger partial charge in [-0.25, -0.2) is 0 Å². The van der Waals surface area contributed by atoms with E-state index in [4.69, 9.17) is 14.2 Å². The third-order valence-corrected chi connectivity index (χ3v) is 3.96. The minimum atomic E-state index is -0.622. The molecule has 0 amide bonds. The highest BCUT2D eigenvalue weighted by Gasteiger charge is 2.47. The molecule has 1 aromatic carbocycles. The summed E-state index contributed by atoms with van der Waals surface area (Å²) >= 11 is 0. The zero-order chi connectivity index (χ0) is 16.0. The molecule has 0 fully saturated rings. The number of methoxy groups -OCH3 is 2. The molecule has 5 heteroatoms. The molecule has 0 saturated heterocycles. The minimum Gasteiger partial charge on any atom is -0.497 e. The van der Waals surface area contributed by atoms with Crippen molar-refractivity contribution >= 4 is 11.6 Å². The summed E-state index contributed by atoms with van der Waals surface area (Å²) in [6.45, 7) is 5.62. The van der Waals surface area contributed by atoms with E-state index in [1.807, 2.05) is 0 Å². The number of benzene rings is 1. The Balaban J connectivity index is 2.13. The molecule has 1 aliphatic heterocycles. The molecule has 2 atom stereocenters. The maximum atomic E-state index is 12.8. The summed E-state index contributed by atoms with van der Waals surface area (Å²) in [4.78, 5) is 25.4. The highest BCUT2D eigenvalue weighted by Crippen LogP contribution is 2.39. The van der Waals surface area contributed by atoms with Gasteiger partial charge in [0.1, 0.15) is 18.0 Å². The Labute approximate surface area is 128 Å². The third-order valence-electron chi connectivity index (χ3n) is 3.96. The Bertz CT molecular complexity index is 729. The van der Waals surface area contributed by atoms with Crippen molar-refractivity contribution in [3.63, 3.8) is 0 Å². The maximum absolute atomic E-state index is 12.8. The molecule has 0 bridgehead atoms. The monoisotopic (exact) mass is 300 g/mol. The van der Waals surface area contributed by atoms with Crippen LogP contribution >= 0.6 is 0 Å². The first-order valence-corrected chi connectivity index (χ1v) is 6.86. The summed E-state index contributed by atoms with van der Waals surface area (Å²) in [5.41, 5.74) is 1.60. The number of ether oxygens (including phenoxy) is 3. The highest BCUT2D eigenvalue weighted by atomic mass is 16.6. The van der Waals surface area contributed by atoms with E-state index in [0.29, 0.717) is 22.4 Å². The van der Waals surface area contributed by atoms with Crippen LogP contribution in [0.3, 0.4) is 0 Å². The molecule has 114 valence electrons. The van der Waals surface area contributed by atoms with Crippen molar-refractivity contribution in [2.75, 3.05) is 14.2 Å². The highest BCUT2D eigenvalue weighted by molar-refractivity contribution is 6.27. The van der Waals surface area contributed by atoms with Crippen molar-refractivity contribution in [1.29, 1.82) is 0 Å². The van der Waals surface area contributed by atoms with E-state index in [1.54, 1.807) is 25.1 Å². The Kier molecular flexibility index (Phi) is 3.37. The van der Waals surface area contributed by atoms with Crippen LogP contribution in [0.1, 0.15) is 27.6 Å². The second-order valence-electron chi connectivity index (χ2n) is 5.35. The second-order valence-corrected chi connectivity index (χ2v) is 5.35. The number of ketones is 2. The van der Waals surface area contributed by atoms with Gasteiger partial charge in [-0.2, -0.15) is 0 Å². The molecular formula is C17H16O5. The number of allylic oxidation sites excluding steroid dienone is 1. The van der Waals surface area contributed by atoms with Gasteiger partial charge in [-0.15, -0.1) is 0 Å². The molecule has 0 spiro atoms. The van der Waals surface area contributed by atoms with E-state index in [-0.39, 0.29) is 22.9 Å². The first-order chi connectivity index (χ1) is 10.5. The van der Waals surface area contributed by atoms with Crippen LogP contribution in [0.25, 0.3) is 0 Å². The fourth-order valence-corrected chi connectivity index (χ4v) is 2.85. The van der Waals surface area contributed by atoms with Crippen LogP contribution in [0.2, 0.25) is 0 Å². The van der Waals surface area contributed by atoms with Gasteiger partial charge in [0, 0.05) is 18.2 Å². The maximum Gasteiger partial charge on any atom is 0.228 e. The summed E-state index contributed by atoms with van der Waals surface area (Å²) in [5, 5.41) is 0. The van der Waals surface area contributed by atoms with Gasteiger partial charge < -0.3 is 14.2 Å². The summed E-state index contributed by atoms with van der Waals surface area (Å²) in [6.07, 6.45) is -1.15. The molecule has 1 heterocycles. The molecule has 0 aromatic heterocycles. The van der Waals surface area contributed by atoms with Crippen LogP contribution in [-0.2, 0) is 9.47 Å². The zero-order valence-electron chi connectivity index (χ0n) is 12.6. The van der Waals surface area contributed by atoms with Gasteiger partial charge in [-0.3, -0.25) is 9.59 Å². The fraction of sp³-hybridized carbons (Fsp3) is 0.294. The normalized spacial score (nSPS) is 23.0. The van der Waals surface area contributed by atoms with Crippen LogP contribution in [0.5, 0.6) is 5.75 Å². The molecule has 0 saturated carbocycles. The molecule has 3 rings (SSSR count). The summed E-state index contributed by atoms with van der Waals surface area (Å²) in [5.74, 6) is 0.0213. The van der Waals surface area contributed by atoms with E-state index >= 15 is 0 Å². The fourth-order valence-electron chi connectivity index (χ4n) is 2.85. The third kappa shape index (κ3) is 1.89. The zero-order valence-corrected chi connectivity index (χ0v) is 12.6. The molecule has 1 aliphatic carbocycles. The lowest BCUT2D eigenvalue weighted by Gasteiger charge is -2.19. The second kappa shape index (κ2) is 5.10. The number of fused-ring (bicyclic) bond motifs is 1. The number of rotatable bonds is 3. The lowest BCUT2D eigenvalue weighted by atomic mass is 9.85. The summed E-state index contributed by atoms with van der Waals surface area (Å²) in [7, 11) is 2.99. The topological polar surface area (TPSA) is 61.8 Å². The van der Waals surface area contributed by atoms with Gasteiger partial charge in [0.25, 0.3) is 0 Å². The van der Waals surface area contributed by atoms with Crippen molar-refractivity contribution in [2.24, 2.45) is 0 Å². The predicted molar refractivity (Wildman–Crippen MR) is 79.2 cm³/mol. The van der Waals surface area contributed by atoms with Gasteiger partial charge in [0.2, 0.25) is 5.78 Å². The largest absolute Gasteiger partial charge is 0.497 e. The van der Waals surface area contributed by atoms with E-state index in [9.17, 15) is 9.59 Å². The van der Waals surface area contributed by atoms with Gasteiger partial charge in [0.05, 0.1) is 12.7 Å². The standard InChI is InChI=1S/C17H16O5/c1-8(2)15-17(21-4)12-13(18)11-7-9(20-3)5-6-10(11)14(19)16(12)22-15/h5-7,15,17H,1H2,2-4H3/t15-,17-/m1/s1. The van der Waals surface area contributed by atoms with E-state index < -0.39 is 12.2 Å². The van der Waals surface area contributed by atoms with Crippen LogP contribution in [0.15, 0.2) is 41.7 Å². The van der Waals surface area contributed by atoms with E-state index in [1.165, 1.54) is 14.2 Å². The minimum absolute atomic E-state index is 0.0718. The average Bonchev–Trinajstić information content (AvgIpc) is 2.92. The number of hydrogen-bond acceptors (Lipinski definition) is 5. The molecular weight excluding hydrogens is 284 g/mol. The van der Waals surface area contributed by atoms with Crippen molar-refractivity contribution in [1.82, 2.24) is 0 Å². The molecule has 0 unspecified atom stereocenters. The number of Topliss-reactive ketones (excluding diaryl/α,β-unsaturated/α-hetero) is 2. The average molecular weight is 300 g/mol. The Hall–Kier alpha value is -2.40. The smallest absolute Gasteiger partial charge is 0.228 e. The van der Waals surface area contributed by atoms with E-state index in [0.717, 1.165) is 0 Å². The van der Waals surface area contributed by atoms with Crippen LogP contribution in [-0.4, -0.2) is 38.0 Å².